The van der Waals surface area contributed by atoms with Gasteiger partial charge in [-0.3, -0.25) is 0 Å². The Kier molecular flexibility index (Phi) is 5.87. The van der Waals surface area contributed by atoms with Crippen LogP contribution in [0, 0.1) is 0 Å². The maximum absolute atomic E-state index is 2.69. The minimum absolute atomic E-state index is 0.686. The first-order valence-corrected chi connectivity index (χ1v) is 13.6. The van der Waals surface area contributed by atoms with Gasteiger partial charge in [-0.1, -0.05) is 0 Å². The normalized spacial score (nSPS) is 13.4. The fourth-order valence-electron chi connectivity index (χ4n) is 1.85. The molecule has 0 radical (unpaired) electrons. The van der Waals surface area contributed by atoms with E-state index in [0.717, 1.165) is 0 Å². The number of rotatable bonds is 5. The van der Waals surface area contributed by atoms with Crippen molar-refractivity contribution in [2.24, 2.45) is 0 Å². The Labute approximate surface area is 88.9 Å². The Morgan fingerprint density at radius 3 is 1.69 bits per heavy atom. The summed E-state index contributed by atoms with van der Waals surface area (Å²) in [4.78, 5) is 5.00. The SMILES string of the molecule is CC[N](CC)[Sn]([CH3])([CH3])[N](C)C(C)C. The molecule has 0 aromatic rings. The number of hydrogen-bond acceptors (Lipinski definition) is 2. The van der Waals surface area contributed by atoms with Crippen LogP contribution in [0.1, 0.15) is 27.7 Å². The van der Waals surface area contributed by atoms with Crippen molar-refractivity contribution < 1.29 is 0 Å². The van der Waals surface area contributed by atoms with E-state index in [1.807, 2.05) is 0 Å². The van der Waals surface area contributed by atoms with Crippen LogP contribution in [-0.2, 0) is 0 Å². The second-order valence-corrected chi connectivity index (χ2v) is 16.7. The van der Waals surface area contributed by atoms with E-state index < -0.39 is 18.9 Å². The van der Waals surface area contributed by atoms with Crippen LogP contribution in [0.5, 0.6) is 0 Å². The zero-order valence-corrected chi connectivity index (χ0v) is 13.2. The fraction of sp³-hybridized carbons (Fsp3) is 1.00. The molecule has 0 amide bonds. The van der Waals surface area contributed by atoms with Crippen LogP contribution in [0.2, 0.25) is 9.88 Å². The van der Waals surface area contributed by atoms with Gasteiger partial charge in [0.1, 0.15) is 0 Å². The van der Waals surface area contributed by atoms with Crippen molar-refractivity contribution >= 4 is 18.9 Å². The van der Waals surface area contributed by atoms with Crippen molar-refractivity contribution in [3.8, 4) is 0 Å². The Morgan fingerprint density at radius 2 is 1.46 bits per heavy atom. The summed E-state index contributed by atoms with van der Waals surface area (Å²) in [7, 11) is 2.29. The molecule has 0 saturated heterocycles. The van der Waals surface area contributed by atoms with Crippen molar-refractivity contribution in [2.75, 3.05) is 20.1 Å². The Bertz CT molecular complexity index is 138. The zero-order valence-electron chi connectivity index (χ0n) is 10.4. The van der Waals surface area contributed by atoms with Crippen molar-refractivity contribution in [3.05, 3.63) is 0 Å². The molecule has 0 atom stereocenters. The molecule has 2 nitrogen and oxygen atoms in total. The minimum atomic E-state index is -2.10. The fourth-order valence-corrected chi connectivity index (χ4v) is 11.2. The molecule has 0 rings (SSSR count). The average Bonchev–Trinajstić information content (AvgIpc) is 2.04. The van der Waals surface area contributed by atoms with E-state index in [2.05, 4.69) is 50.9 Å². The van der Waals surface area contributed by atoms with E-state index in [1.165, 1.54) is 13.1 Å². The first-order chi connectivity index (χ1) is 5.87. The van der Waals surface area contributed by atoms with Gasteiger partial charge < -0.3 is 0 Å². The molecule has 0 aliphatic carbocycles. The molecular formula is C10H26N2Sn. The van der Waals surface area contributed by atoms with Crippen LogP contribution >= 0.6 is 0 Å². The predicted molar refractivity (Wildman–Crippen MR) is 63.3 cm³/mol. The van der Waals surface area contributed by atoms with Crippen molar-refractivity contribution in [1.82, 2.24) is 6.24 Å². The predicted octanol–water partition coefficient (Wildman–Crippen LogP) is 2.37. The third-order valence-corrected chi connectivity index (χ3v) is 15.8. The molecule has 0 aliphatic heterocycles. The molecule has 0 aromatic carbocycles. The summed E-state index contributed by atoms with van der Waals surface area (Å²) in [5, 5.41) is 0. The zero-order chi connectivity index (χ0) is 10.6. The molecule has 0 unspecified atom stereocenters. The molecule has 0 aromatic heterocycles. The van der Waals surface area contributed by atoms with Crippen molar-refractivity contribution in [3.63, 3.8) is 0 Å². The quantitative estimate of drug-likeness (QED) is 0.718. The molecule has 0 heterocycles. The molecular weight excluding hydrogens is 267 g/mol. The van der Waals surface area contributed by atoms with Gasteiger partial charge in [-0.05, 0) is 0 Å². The summed E-state index contributed by atoms with van der Waals surface area (Å²) in [6.45, 7) is 11.5. The van der Waals surface area contributed by atoms with Gasteiger partial charge >= 0.3 is 88.9 Å². The summed E-state index contributed by atoms with van der Waals surface area (Å²) < 4.78 is 5.32. The summed E-state index contributed by atoms with van der Waals surface area (Å²) in [6.07, 6.45) is 0. The third-order valence-electron chi connectivity index (χ3n) is 3.18. The van der Waals surface area contributed by atoms with Gasteiger partial charge in [-0.2, -0.15) is 0 Å². The van der Waals surface area contributed by atoms with E-state index in [-0.39, 0.29) is 0 Å². The van der Waals surface area contributed by atoms with E-state index in [0.29, 0.717) is 6.04 Å². The second kappa shape index (κ2) is 5.56. The molecule has 3 heteroatoms. The van der Waals surface area contributed by atoms with Crippen LogP contribution in [0.4, 0.5) is 0 Å². The molecule has 0 spiro atoms. The summed E-state index contributed by atoms with van der Waals surface area (Å²) in [5.74, 6) is 0. The van der Waals surface area contributed by atoms with Crippen LogP contribution < -0.4 is 0 Å². The monoisotopic (exact) mass is 294 g/mol. The molecule has 0 N–H and O–H groups in total. The topological polar surface area (TPSA) is 6.48 Å². The maximum atomic E-state index is 2.69. The van der Waals surface area contributed by atoms with Gasteiger partial charge in [-0.15, -0.1) is 0 Å². The molecule has 0 aliphatic rings. The first kappa shape index (κ1) is 13.7. The number of nitrogens with zero attached hydrogens (tertiary/aromatic N) is 2. The number of hydrogen-bond donors (Lipinski definition) is 0. The van der Waals surface area contributed by atoms with Crippen LogP contribution in [0.25, 0.3) is 0 Å². The summed E-state index contributed by atoms with van der Waals surface area (Å²) in [6, 6.07) is 0.686. The molecule has 80 valence electrons. The van der Waals surface area contributed by atoms with Gasteiger partial charge in [0.05, 0.1) is 0 Å². The Morgan fingerprint density at radius 1 is 1.08 bits per heavy atom. The summed E-state index contributed by atoms with van der Waals surface area (Å²) >= 11 is -2.10. The van der Waals surface area contributed by atoms with E-state index >= 15 is 0 Å². The van der Waals surface area contributed by atoms with E-state index in [9.17, 15) is 0 Å². The molecule has 0 bridgehead atoms. The van der Waals surface area contributed by atoms with Crippen LogP contribution in [0.15, 0.2) is 0 Å². The molecule has 0 fully saturated rings. The van der Waals surface area contributed by atoms with Gasteiger partial charge in [0, 0.05) is 0 Å². The van der Waals surface area contributed by atoms with Crippen LogP contribution in [0.3, 0.4) is 0 Å². The van der Waals surface area contributed by atoms with Gasteiger partial charge in [-0.25, -0.2) is 0 Å². The Balaban J connectivity index is 4.51. The van der Waals surface area contributed by atoms with Gasteiger partial charge in [0.25, 0.3) is 0 Å². The third kappa shape index (κ3) is 3.40. The molecule has 13 heavy (non-hydrogen) atoms. The van der Waals surface area contributed by atoms with Gasteiger partial charge in [0.2, 0.25) is 0 Å². The van der Waals surface area contributed by atoms with E-state index in [4.69, 9.17) is 0 Å². The molecule has 0 saturated carbocycles. The first-order valence-electron chi connectivity index (χ1n) is 5.35. The van der Waals surface area contributed by atoms with Crippen molar-refractivity contribution in [1.29, 1.82) is 0 Å². The van der Waals surface area contributed by atoms with Crippen LogP contribution in [-0.4, -0.2) is 51.3 Å². The second-order valence-electron chi connectivity index (χ2n) is 4.37. The van der Waals surface area contributed by atoms with Crippen molar-refractivity contribution in [2.45, 2.75) is 43.6 Å². The standard InChI is InChI=1S/2C4H10N.2CH3.Sn/c1-4(2)5-3;1-3-5-4-2;;;/h4H,1-3H3;3-4H2,1-2H3;2*1H3;/q2*-1;;;+2. The van der Waals surface area contributed by atoms with E-state index in [1.54, 1.807) is 0 Å². The van der Waals surface area contributed by atoms with Gasteiger partial charge in [0.15, 0.2) is 0 Å². The summed E-state index contributed by atoms with van der Waals surface area (Å²) in [5.41, 5.74) is 0. The Hall–Kier alpha value is 0.719. The average molecular weight is 293 g/mol.